The zero-order valence-electron chi connectivity index (χ0n) is 19.4. The van der Waals surface area contributed by atoms with Gasteiger partial charge < -0.3 is 5.11 Å². The van der Waals surface area contributed by atoms with Crippen molar-refractivity contribution in [2.24, 2.45) is 5.92 Å². The number of pyridine rings is 2. The maximum Gasteiger partial charge on any atom is 0.307 e. The summed E-state index contributed by atoms with van der Waals surface area (Å²) in [5, 5.41) is 10.1. The third-order valence-electron chi connectivity index (χ3n) is 6.10. The Morgan fingerprint density at radius 2 is 2.00 bits per heavy atom. The van der Waals surface area contributed by atoms with Crippen molar-refractivity contribution in [1.29, 1.82) is 0 Å². The van der Waals surface area contributed by atoms with Crippen LogP contribution in [-0.2, 0) is 4.79 Å². The molecule has 0 spiro atoms. The Morgan fingerprint density at radius 3 is 2.83 bits per heavy atom. The number of fused-ring (bicyclic) bond motifs is 3. The minimum Gasteiger partial charge on any atom is -0.481 e. The van der Waals surface area contributed by atoms with Gasteiger partial charge in [0, 0.05) is 17.3 Å². The zero-order valence-corrected chi connectivity index (χ0v) is 20.9. The molecule has 0 aliphatic heterocycles. The predicted octanol–water partition coefficient (Wildman–Crippen LogP) is 7.62. The minimum absolute atomic E-state index is 0.0467. The SMILES string of the molecule is CC(CSC1c2cc(/C=C/c3ccc4cc(F)c(Cl)cc4n3)ccc2C=Cc2ncccc21)C(=O)O. The number of hydrogen-bond acceptors (Lipinski definition) is 4. The van der Waals surface area contributed by atoms with Crippen LogP contribution in [0.4, 0.5) is 4.39 Å². The van der Waals surface area contributed by atoms with E-state index < -0.39 is 17.7 Å². The first-order chi connectivity index (χ1) is 17.4. The lowest BCUT2D eigenvalue weighted by Crippen LogP contribution is -2.13. The Balaban J connectivity index is 1.49. The van der Waals surface area contributed by atoms with E-state index in [1.165, 1.54) is 12.1 Å². The molecule has 1 aliphatic carbocycles. The van der Waals surface area contributed by atoms with Crippen molar-refractivity contribution in [2.75, 3.05) is 5.75 Å². The van der Waals surface area contributed by atoms with Gasteiger partial charge in [-0.1, -0.05) is 54.9 Å². The summed E-state index contributed by atoms with van der Waals surface area (Å²) in [6.45, 7) is 1.73. The predicted molar refractivity (Wildman–Crippen MR) is 146 cm³/mol. The van der Waals surface area contributed by atoms with E-state index in [9.17, 15) is 14.3 Å². The quantitative estimate of drug-likeness (QED) is 0.285. The fourth-order valence-electron chi connectivity index (χ4n) is 4.10. The zero-order chi connectivity index (χ0) is 25.2. The van der Waals surface area contributed by atoms with Crippen molar-refractivity contribution in [1.82, 2.24) is 9.97 Å². The van der Waals surface area contributed by atoms with Crippen LogP contribution in [0, 0.1) is 11.7 Å². The Bertz CT molecular complexity index is 1540. The average molecular weight is 517 g/mol. The van der Waals surface area contributed by atoms with Crippen molar-refractivity contribution >= 4 is 64.5 Å². The lowest BCUT2D eigenvalue weighted by molar-refractivity contribution is -0.140. The van der Waals surface area contributed by atoms with Crippen molar-refractivity contribution in [3.63, 3.8) is 0 Å². The molecule has 2 atom stereocenters. The van der Waals surface area contributed by atoms with Crippen LogP contribution >= 0.6 is 23.4 Å². The van der Waals surface area contributed by atoms with E-state index in [0.717, 1.165) is 33.6 Å². The number of nitrogens with zero attached hydrogens (tertiary/aromatic N) is 2. The summed E-state index contributed by atoms with van der Waals surface area (Å²) in [6.07, 6.45) is 9.74. The molecule has 0 saturated heterocycles. The van der Waals surface area contributed by atoms with Gasteiger partial charge in [-0.2, -0.15) is 0 Å². The fourth-order valence-corrected chi connectivity index (χ4v) is 5.65. The summed E-state index contributed by atoms with van der Waals surface area (Å²) in [5.41, 5.74) is 6.49. The van der Waals surface area contributed by atoms with Gasteiger partial charge in [-0.05, 0) is 64.7 Å². The number of thioether (sulfide) groups is 1. The molecule has 5 rings (SSSR count). The van der Waals surface area contributed by atoms with Crippen molar-refractivity contribution in [2.45, 2.75) is 12.2 Å². The number of aromatic nitrogens is 2. The highest BCUT2D eigenvalue weighted by molar-refractivity contribution is 7.99. The molecule has 2 aromatic heterocycles. The van der Waals surface area contributed by atoms with Gasteiger partial charge >= 0.3 is 5.97 Å². The van der Waals surface area contributed by atoms with Crippen molar-refractivity contribution in [3.05, 3.63) is 105 Å². The lowest BCUT2D eigenvalue weighted by atomic mass is 9.98. The molecule has 36 heavy (non-hydrogen) atoms. The number of carboxylic acids is 1. The summed E-state index contributed by atoms with van der Waals surface area (Å²) in [6, 6.07) is 16.8. The second-order valence-corrected chi connectivity index (χ2v) is 10.2. The molecule has 1 aliphatic rings. The first-order valence-electron chi connectivity index (χ1n) is 11.4. The molecule has 0 radical (unpaired) electrons. The van der Waals surface area contributed by atoms with Crippen LogP contribution in [0.3, 0.4) is 0 Å². The normalized spacial score (nSPS) is 15.5. The number of carboxylic acid groups (broad SMARTS) is 1. The van der Waals surface area contributed by atoms with Gasteiger partial charge in [0.25, 0.3) is 0 Å². The molecule has 2 aromatic carbocycles. The van der Waals surface area contributed by atoms with E-state index >= 15 is 0 Å². The molecule has 0 amide bonds. The number of rotatable bonds is 6. The number of carbonyl (C=O) groups is 1. The maximum atomic E-state index is 13.7. The summed E-state index contributed by atoms with van der Waals surface area (Å²) in [5.74, 6) is -1.24. The monoisotopic (exact) mass is 516 g/mol. The molecule has 0 saturated carbocycles. The van der Waals surface area contributed by atoms with Gasteiger partial charge in [-0.15, -0.1) is 11.8 Å². The lowest BCUT2D eigenvalue weighted by Gasteiger charge is -2.21. The Morgan fingerprint density at radius 1 is 1.14 bits per heavy atom. The molecule has 1 N–H and O–H groups in total. The van der Waals surface area contributed by atoms with Gasteiger partial charge in [0.15, 0.2) is 0 Å². The molecule has 4 nitrogen and oxygen atoms in total. The van der Waals surface area contributed by atoms with E-state index in [-0.39, 0.29) is 10.3 Å². The first kappa shape index (κ1) is 24.2. The highest BCUT2D eigenvalue weighted by Crippen LogP contribution is 2.42. The van der Waals surface area contributed by atoms with E-state index in [1.54, 1.807) is 24.9 Å². The highest BCUT2D eigenvalue weighted by Gasteiger charge is 2.24. The van der Waals surface area contributed by atoms with Crippen molar-refractivity contribution < 1.29 is 14.3 Å². The van der Waals surface area contributed by atoms with Crippen LogP contribution in [0.1, 0.15) is 45.8 Å². The third-order valence-corrected chi connectivity index (χ3v) is 7.92. The molecular weight excluding hydrogens is 495 g/mol. The summed E-state index contributed by atoms with van der Waals surface area (Å²) in [7, 11) is 0. The summed E-state index contributed by atoms with van der Waals surface area (Å²) in [4.78, 5) is 20.6. The Kier molecular flexibility index (Phi) is 6.90. The van der Waals surface area contributed by atoms with Crippen LogP contribution in [0.5, 0.6) is 0 Å². The van der Waals surface area contributed by atoms with Gasteiger partial charge in [0.2, 0.25) is 0 Å². The second kappa shape index (κ2) is 10.2. The number of hydrogen-bond donors (Lipinski definition) is 1. The fraction of sp³-hybridized carbons (Fsp3) is 0.138. The Labute approximate surface area is 217 Å². The largest absolute Gasteiger partial charge is 0.481 e. The van der Waals surface area contributed by atoms with E-state index in [4.69, 9.17) is 11.6 Å². The van der Waals surface area contributed by atoms with Gasteiger partial charge in [-0.25, -0.2) is 9.37 Å². The molecule has 180 valence electrons. The molecular formula is C29H22ClFN2O2S. The number of benzene rings is 2. The van der Waals surface area contributed by atoms with Crippen LogP contribution in [0.25, 0.3) is 35.2 Å². The molecule has 7 heteroatoms. The highest BCUT2D eigenvalue weighted by atomic mass is 35.5. The number of halogens is 2. The van der Waals surface area contributed by atoms with Crippen LogP contribution in [0.15, 0.2) is 60.8 Å². The topological polar surface area (TPSA) is 63.1 Å². The number of aliphatic carboxylic acids is 1. The Hall–Kier alpha value is -3.48. The first-order valence-corrected chi connectivity index (χ1v) is 12.9. The third kappa shape index (κ3) is 5.06. The minimum atomic E-state index is -0.801. The molecule has 0 fully saturated rings. The summed E-state index contributed by atoms with van der Waals surface area (Å²) < 4.78 is 13.7. The molecule has 4 aromatic rings. The second-order valence-electron chi connectivity index (χ2n) is 8.68. The van der Waals surface area contributed by atoms with E-state index in [2.05, 4.69) is 34.2 Å². The smallest absolute Gasteiger partial charge is 0.307 e. The van der Waals surface area contributed by atoms with Crippen LogP contribution in [-0.4, -0.2) is 26.8 Å². The molecule has 2 heterocycles. The van der Waals surface area contributed by atoms with E-state index in [1.807, 2.05) is 42.5 Å². The van der Waals surface area contributed by atoms with Gasteiger partial charge in [-0.3, -0.25) is 9.78 Å². The van der Waals surface area contributed by atoms with Crippen LogP contribution < -0.4 is 0 Å². The van der Waals surface area contributed by atoms with E-state index in [0.29, 0.717) is 16.7 Å². The molecule has 0 bridgehead atoms. The van der Waals surface area contributed by atoms with Gasteiger partial charge in [0.05, 0.1) is 33.1 Å². The van der Waals surface area contributed by atoms with Crippen LogP contribution in [0.2, 0.25) is 5.02 Å². The van der Waals surface area contributed by atoms with Crippen molar-refractivity contribution in [3.8, 4) is 0 Å². The maximum absolute atomic E-state index is 13.7. The standard InChI is InChI=1S/C29H22ClFN2O2S/c1-17(29(34)35)16-36-28-22-3-2-12-32-26(22)11-8-19-6-4-18(13-23(19)28)5-9-21-10-7-20-14-25(31)24(30)15-27(20)33-21/h2-15,17,28H,16H2,1H3,(H,34,35)/b9-5+. The summed E-state index contributed by atoms with van der Waals surface area (Å²) >= 11 is 7.55. The molecule has 2 unspecified atom stereocenters. The van der Waals surface area contributed by atoms with Gasteiger partial charge in [0.1, 0.15) is 5.82 Å². The average Bonchev–Trinajstić information content (AvgIpc) is 3.03.